The van der Waals surface area contributed by atoms with Gasteiger partial charge in [0.25, 0.3) is 10.0 Å². The second kappa shape index (κ2) is 7.42. The zero-order chi connectivity index (χ0) is 18.9. The van der Waals surface area contributed by atoms with Crippen LogP contribution < -0.4 is 9.62 Å². The largest absolute Gasteiger partial charge is 0.377 e. The minimum absolute atomic E-state index is 0.204. The molecule has 0 fully saturated rings. The first-order chi connectivity index (χ1) is 12.3. The Balaban J connectivity index is 2.13. The fourth-order valence-corrected chi connectivity index (χ4v) is 4.82. The second-order valence-electron chi connectivity index (χ2n) is 5.68. The summed E-state index contributed by atoms with van der Waals surface area (Å²) in [4.78, 5) is 10.6. The molecule has 0 aliphatic heterocycles. The molecule has 0 aliphatic carbocycles. The Labute approximate surface area is 165 Å². The summed E-state index contributed by atoms with van der Waals surface area (Å²) in [6, 6.07) is 10.9. The van der Waals surface area contributed by atoms with Crippen LogP contribution in [0, 0.1) is 0 Å². The minimum Gasteiger partial charge on any atom is -0.377 e. The van der Waals surface area contributed by atoms with E-state index in [2.05, 4.69) is 30.6 Å². The van der Waals surface area contributed by atoms with Gasteiger partial charge in [0, 0.05) is 30.6 Å². The van der Waals surface area contributed by atoms with E-state index in [0.717, 1.165) is 11.1 Å². The van der Waals surface area contributed by atoms with E-state index in [4.69, 9.17) is 0 Å². The number of hydrogen-bond donors (Lipinski definition) is 1. The smallest absolute Gasteiger partial charge is 0.263 e. The third kappa shape index (κ3) is 3.65. The summed E-state index contributed by atoms with van der Waals surface area (Å²) in [5.74, 6) is 0.210. The van der Waals surface area contributed by atoms with Crippen LogP contribution >= 0.6 is 27.7 Å². The van der Waals surface area contributed by atoms with Crippen molar-refractivity contribution in [2.75, 3.05) is 30.0 Å². The van der Waals surface area contributed by atoms with Gasteiger partial charge < -0.3 is 4.90 Å². The average Bonchev–Trinajstić information content (AvgIpc) is 2.61. The molecule has 1 N–H and O–H groups in total. The Kier molecular flexibility index (Phi) is 5.40. The van der Waals surface area contributed by atoms with Crippen molar-refractivity contribution >= 4 is 60.0 Å². The van der Waals surface area contributed by atoms with E-state index in [1.807, 2.05) is 43.5 Å². The third-order valence-corrected chi connectivity index (χ3v) is 6.22. The van der Waals surface area contributed by atoms with E-state index < -0.39 is 10.0 Å². The molecule has 6 nitrogen and oxygen atoms in total. The zero-order valence-corrected chi connectivity index (χ0v) is 17.6. The highest BCUT2D eigenvalue weighted by Crippen LogP contribution is 2.32. The first-order valence-corrected chi connectivity index (χ1v) is 11.1. The van der Waals surface area contributed by atoms with Gasteiger partial charge in [-0.1, -0.05) is 24.3 Å². The SMILES string of the molecule is CSc1nc(Br)cnc1NS(=O)(=O)c1cccc2c(N(C)C)cccc12. The molecule has 0 atom stereocenters. The Bertz CT molecular complexity index is 1070. The van der Waals surface area contributed by atoms with Crippen LogP contribution in [0.15, 0.2) is 57.1 Å². The number of benzene rings is 2. The molecular weight excluding hydrogens is 436 g/mol. The fraction of sp³-hybridized carbons (Fsp3) is 0.176. The number of aromatic nitrogens is 2. The number of nitrogens with one attached hydrogen (secondary N) is 1. The summed E-state index contributed by atoms with van der Waals surface area (Å²) >= 11 is 4.57. The summed E-state index contributed by atoms with van der Waals surface area (Å²) in [6.45, 7) is 0. The van der Waals surface area contributed by atoms with Gasteiger partial charge in [-0.05, 0) is 34.3 Å². The quantitative estimate of drug-likeness (QED) is 0.589. The first-order valence-electron chi connectivity index (χ1n) is 7.62. The number of fused-ring (bicyclic) bond motifs is 1. The van der Waals surface area contributed by atoms with Gasteiger partial charge >= 0.3 is 0 Å². The van der Waals surface area contributed by atoms with Crippen LogP contribution in [0.3, 0.4) is 0 Å². The second-order valence-corrected chi connectivity index (χ2v) is 8.94. The van der Waals surface area contributed by atoms with Gasteiger partial charge in [-0.25, -0.2) is 18.4 Å². The minimum atomic E-state index is -3.83. The summed E-state index contributed by atoms with van der Waals surface area (Å²) < 4.78 is 29.2. The lowest BCUT2D eigenvalue weighted by atomic mass is 10.1. The van der Waals surface area contributed by atoms with Crippen molar-refractivity contribution in [1.29, 1.82) is 0 Å². The summed E-state index contributed by atoms with van der Waals surface area (Å²) in [5, 5.41) is 2.02. The molecule has 0 unspecified atom stereocenters. The van der Waals surface area contributed by atoms with Gasteiger partial charge in [-0.15, -0.1) is 11.8 Å². The molecule has 3 aromatic rings. The summed E-state index contributed by atoms with van der Waals surface area (Å²) in [7, 11) is 0.0264. The van der Waals surface area contributed by atoms with E-state index in [9.17, 15) is 8.42 Å². The van der Waals surface area contributed by atoms with Crippen LogP contribution in [0.4, 0.5) is 11.5 Å². The highest BCUT2D eigenvalue weighted by atomic mass is 79.9. The van der Waals surface area contributed by atoms with E-state index >= 15 is 0 Å². The lowest BCUT2D eigenvalue weighted by molar-refractivity contribution is 0.601. The van der Waals surface area contributed by atoms with E-state index in [0.29, 0.717) is 15.0 Å². The molecule has 0 amide bonds. The van der Waals surface area contributed by atoms with Gasteiger partial charge in [-0.3, -0.25) is 4.72 Å². The van der Waals surface area contributed by atoms with Crippen LogP contribution in [0.1, 0.15) is 0 Å². The van der Waals surface area contributed by atoms with Gasteiger partial charge in [0.15, 0.2) is 5.82 Å². The maximum atomic E-state index is 13.0. The van der Waals surface area contributed by atoms with Crippen molar-refractivity contribution in [1.82, 2.24) is 9.97 Å². The monoisotopic (exact) mass is 452 g/mol. The molecule has 26 heavy (non-hydrogen) atoms. The van der Waals surface area contributed by atoms with Crippen LogP contribution in [-0.4, -0.2) is 38.7 Å². The molecule has 0 radical (unpaired) electrons. The van der Waals surface area contributed by atoms with Crippen molar-refractivity contribution in [3.8, 4) is 0 Å². The lowest BCUT2D eigenvalue weighted by Crippen LogP contribution is -2.16. The molecule has 0 spiro atoms. The Morgan fingerprint density at radius 3 is 2.50 bits per heavy atom. The Morgan fingerprint density at radius 1 is 1.12 bits per heavy atom. The highest BCUT2D eigenvalue weighted by molar-refractivity contribution is 9.10. The topological polar surface area (TPSA) is 75.2 Å². The molecule has 1 aromatic heterocycles. The van der Waals surface area contributed by atoms with Crippen LogP contribution in [0.25, 0.3) is 10.8 Å². The number of nitrogens with zero attached hydrogens (tertiary/aromatic N) is 3. The predicted molar refractivity (Wildman–Crippen MR) is 111 cm³/mol. The molecule has 3 rings (SSSR count). The van der Waals surface area contributed by atoms with Crippen LogP contribution in [-0.2, 0) is 10.0 Å². The normalized spacial score (nSPS) is 11.5. The highest BCUT2D eigenvalue weighted by Gasteiger charge is 2.21. The number of anilines is 2. The number of thioether (sulfide) groups is 1. The number of halogens is 1. The molecule has 136 valence electrons. The summed E-state index contributed by atoms with van der Waals surface area (Å²) in [5.41, 5.74) is 0.952. The zero-order valence-electron chi connectivity index (χ0n) is 14.4. The molecule has 0 saturated heterocycles. The van der Waals surface area contributed by atoms with Gasteiger partial charge in [-0.2, -0.15) is 0 Å². The fourth-order valence-electron chi connectivity index (χ4n) is 2.64. The third-order valence-electron chi connectivity index (χ3n) is 3.77. The predicted octanol–water partition coefficient (Wildman–Crippen LogP) is 3.98. The van der Waals surface area contributed by atoms with Crippen molar-refractivity contribution in [3.05, 3.63) is 47.2 Å². The molecule has 0 bridgehead atoms. The van der Waals surface area contributed by atoms with E-state index in [1.54, 1.807) is 18.2 Å². The van der Waals surface area contributed by atoms with Crippen molar-refractivity contribution in [3.63, 3.8) is 0 Å². The first kappa shape index (κ1) is 18.9. The van der Waals surface area contributed by atoms with E-state index in [1.165, 1.54) is 18.0 Å². The molecule has 0 aliphatic rings. The Hall–Kier alpha value is -1.84. The molecular formula is C17H17BrN4O2S2. The number of hydrogen-bond acceptors (Lipinski definition) is 6. The average molecular weight is 453 g/mol. The van der Waals surface area contributed by atoms with Gasteiger partial charge in [0.05, 0.1) is 11.1 Å². The molecule has 9 heteroatoms. The van der Waals surface area contributed by atoms with Crippen molar-refractivity contribution < 1.29 is 8.42 Å². The number of sulfonamides is 1. The van der Waals surface area contributed by atoms with Gasteiger partial charge in [0.2, 0.25) is 0 Å². The van der Waals surface area contributed by atoms with E-state index in [-0.39, 0.29) is 10.7 Å². The standard InChI is InChI=1S/C17H17BrN4O2S2/c1-22(2)13-8-4-7-12-11(13)6-5-9-14(12)26(23,24)21-16-17(25-3)20-15(18)10-19-16/h4-10H,1-3H3,(H,19,21). The van der Waals surface area contributed by atoms with Gasteiger partial charge in [0.1, 0.15) is 9.63 Å². The van der Waals surface area contributed by atoms with Crippen molar-refractivity contribution in [2.45, 2.75) is 9.92 Å². The molecule has 1 heterocycles. The summed E-state index contributed by atoms with van der Waals surface area (Å²) in [6.07, 6.45) is 3.28. The maximum Gasteiger partial charge on any atom is 0.263 e. The van der Waals surface area contributed by atoms with Crippen molar-refractivity contribution in [2.24, 2.45) is 0 Å². The Morgan fingerprint density at radius 2 is 1.81 bits per heavy atom. The number of rotatable bonds is 5. The van der Waals surface area contributed by atoms with Crippen LogP contribution in [0.2, 0.25) is 0 Å². The maximum absolute atomic E-state index is 13.0. The molecule has 2 aromatic carbocycles. The van der Waals surface area contributed by atoms with Crippen LogP contribution in [0.5, 0.6) is 0 Å². The lowest BCUT2D eigenvalue weighted by Gasteiger charge is -2.17. The molecule has 0 saturated carbocycles.